The van der Waals surface area contributed by atoms with E-state index in [9.17, 15) is 0 Å². The van der Waals surface area contributed by atoms with E-state index < -0.39 is 0 Å². The molecule has 0 aliphatic heterocycles. The monoisotopic (exact) mass is 769 g/mol. The molecule has 0 spiro atoms. The van der Waals surface area contributed by atoms with E-state index in [1.165, 1.54) is 11.1 Å². The summed E-state index contributed by atoms with van der Waals surface area (Å²) in [6.07, 6.45) is 0. The van der Waals surface area contributed by atoms with E-state index >= 15 is 0 Å². The Morgan fingerprint density at radius 2 is 0.648 bits per heavy atom. The van der Waals surface area contributed by atoms with E-state index in [1.807, 2.05) is 0 Å². The summed E-state index contributed by atoms with van der Waals surface area (Å²) >= 11 is 3.78. The summed E-state index contributed by atoms with van der Waals surface area (Å²) in [5.74, 6) is 0. The number of anilines is 9. The highest BCUT2D eigenvalue weighted by molar-refractivity contribution is 9.10. The fourth-order valence-corrected chi connectivity index (χ4v) is 7.61. The molecule has 0 heterocycles. The second-order valence-electron chi connectivity index (χ2n) is 15.7. The van der Waals surface area contributed by atoms with Gasteiger partial charge in [0.05, 0.1) is 17.1 Å². The third kappa shape index (κ3) is 7.85. The molecule has 0 saturated heterocycles. The highest BCUT2D eigenvalue weighted by Gasteiger charge is 2.29. The third-order valence-corrected chi connectivity index (χ3v) is 10.2. The van der Waals surface area contributed by atoms with Crippen LogP contribution in [-0.2, 0) is 10.8 Å². The first-order valence-electron chi connectivity index (χ1n) is 18.6. The van der Waals surface area contributed by atoms with Gasteiger partial charge in [-0.05, 0) is 107 Å². The molecule has 0 unspecified atom stereocenters. The van der Waals surface area contributed by atoms with Gasteiger partial charge in [-0.2, -0.15) is 0 Å². The van der Waals surface area contributed by atoms with E-state index in [4.69, 9.17) is 0 Å². The zero-order valence-electron chi connectivity index (χ0n) is 32.0. The minimum atomic E-state index is -0.113. The second kappa shape index (κ2) is 15.4. The second-order valence-corrected chi connectivity index (χ2v) is 16.7. The number of hydrogen-bond acceptors (Lipinski definition) is 3. The Labute approximate surface area is 330 Å². The first-order valence-corrected chi connectivity index (χ1v) is 19.4. The van der Waals surface area contributed by atoms with Gasteiger partial charge in [0.25, 0.3) is 0 Å². The van der Waals surface area contributed by atoms with Crippen molar-refractivity contribution in [2.45, 2.75) is 52.4 Å². The Bertz CT molecular complexity index is 2230. The minimum Gasteiger partial charge on any atom is -0.310 e. The van der Waals surface area contributed by atoms with Crippen molar-refractivity contribution in [1.82, 2.24) is 0 Å². The van der Waals surface area contributed by atoms with Crippen molar-refractivity contribution < 1.29 is 0 Å². The van der Waals surface area contributed by atoms with E-state index in [1.54, 1.807) is 0 Å². The van der Waals surface area contributed by atoms with Gasteiger partial charge < -0.3 is 14.7 Å². The van der Waals surface area contributed by atoms with Crippen LogP contribution < -0.4 is 14.7 Å². The van der Waals surface area contributed by atoms with Crippen LogP contribution in [0.3, 0.4) is 0 Å². The van der Waals surface area contributed by atoms with Gasteiger partial charge in [0, 0.05) is 38.6 Å². The predicted octanol–water partition coefficient (Wildman–Crippen LogP) is 15.5. The smallest absolute Gasteiger partial charge is 0.0503 e. The lowest BCUT2D eigenvalue weighted by atomic mass is 9.83. The zero-order chi connectivity index (χ0) is 37.9. The third-order valence-electron chi connectivity index (χ3n) is 9.68. The SMILES string of the molecule is CC(C)(C)c1ccccc1N(c1cc(N(c2ccccc2)c2ccccc2)cc(N(c2ccccc2)c2cccc(Br)c2)c1)c1ccccc1C(C)(C)C. The van der Waals surface area contributed by atoms with E-state index in [0.717, 1.165) is 55.7 Å². The van der Waals surface area contributed by atoms with E-state index in [-0.39, 0.29) is 10.8 Å². The molecule has 0 atom stereocenters. The maximum atomic E-state index is 3.78. The molecule has 4 heteroatoms. The summed E-state index contributed by atoms with van der Waals surface area (Å²) in [6, 6.07) is 65.3. The molecule has 0 fully saturated rings. The van der Waals surface area contributed by atoms with Crippen LogP contribution >= 0.6 is 15.9 Å². The van der Waals surface area contributed by atoms with Gasteiger partial charge in [0.15, 0.2) is 0 Å². The lowest BCUT2D eigenvalue weighted by molar-refractivity contribution is 0.587. The number of rotatable bonds is 9. The van der Waals surface area contributed by atoms with Crippen LogP contribution in [0.15, 0.2) is 186 Å². The molecule has 7 rings (SSSR count). The fraction of sp³-hybridized carbons (Fsp3) is 0.160. The first-order chi connectivity index (χ1) is 26.0. The van der Waals surface area contributed by atoms with Crippen molar-refractivity contribution in [3.8, 4) is 0 Å². The fourth-order valence-electron chi connectivity index (χ4n) is 7.22. The molecule has 54 heavy (non-hydrogen) atoms. The molecule has 0 saturated carbocycles. The molecule has 0 bridgehead atoms. The molecule has 0 aromatic heterocycles. The molecule has 0 amide bonds. The van der Waals surface area contributed by atoms with Crippen LogP contribution in [0.25, 0.3) is 0 Å². The minimum absolute atomic E-state index is 0.113. The van der Waals surface area contributed by atoms with E-state index in [0.29, 0.717) is 0 Å². The van der Waals surface area contributed by atoms with Crippen molar-refractivity contribution in [3.05, 3.63) is 198 Å². The average Bonchev–Trinajstić information content (AvgIpc) is 3.16. The summed E-state index contributed by atoms with van der Waals surface area (Å²) in [5.41, 5.74) is 12.1. The average molecular weight is 771 g/mol. The van der Waals surface area contributed by atoms with Gasteiger partial charge in [-0.1, -0.05) is 155 Å². The summed E-state index contributed by atoms with van der Waals surface area (Å²) in [7, 11) is 0. The molecule has 3 nitrogen and oxygen atoms in total. The van der Waals surface area contributed by atoms with Crippen LogP contribution in [0.5, 0.6) is 0 Å². The predicted molar refractivity (Wildman–Crippen MR) is 236 cm³/mol. The summed E-state index contributed by atoms with van der Waals surface area (Å²) in [4.78, 5) is 7.21. The summed E-state index contributed by atoms with van der Waals surface area (Å²) < 4.78 is 1.02. The van der Waals surface area contributed by atoms with Crippen molar-refractivity contribution in [2.75, 3.05) is 14.7 Å². The highest BCUT2D eigenvalue weighted by Crippen LogP contribution is 2.49. The quantitative estimate of drug-likeness (QED) is 0.145. The van der Waals surface area contributed by atoms with Crippen molar-refractivity contribution in [3.63, 3.8) is 0 Å². The lowest BCUT2D eigenvalue weighted by Gasteiger charge is -2.37. The Kier molecular flexibility index (Phi) is 10.5. The van der Waals surface area contributed by atoms with Crippen LogP contribution in [0.1, 0.15) is 52.7 Å². The van der Waals surface area contributed by atoms with Gasteiger partial charge in [0.1, 0.15) is 0 Å². The molecule has 0 radical (unpaired) electrons. The number of nitrogens with zero attached hydrogens (tertiary/aromatic N) is 3. The maximum absolute atomic E-state index is 3.78. The topological polar surface area (TPSA) is 9.72 Å². The first kappa shape index (κ1) is 36.8. The number of hydrogen-bond donors (Lipinski definition) is 0. The van der Waals surface area contributed by atoms with Gasteiger partial charge in [-0.25, -0.2) is 0 Å². The van der Waals surface area contributed by atoms with Gasteiger partial charge >= 0.3 is 0 Å². The van der Waals surface area contributed by atoms with Crippen LogP contribution in [-0.4, -0.2) is 0 Å². The van der Waals surface area contributed by atoms with Crippen molar-refractivity contribution in [2.24, 2.45) is 0 Å². The largest absolute Gasteiger partial charge is 0.310 e. The molecular weight excluding hydrogens is 722 g/mol. The van der Waals surface area contributed by atoms with Gasteiger partial charge in [0.2, 0.25) is 0 Å². The Balaban J connectivity index is 1.61. The summed E-state index contributed by atoms with van der Waals surface area (Å²) in [6.45, 7) is 13.8. The Hall–Kier alpha value is -5.58. The number of halogens is 1. The molecule has 7 aromatic rings. The highest BCUT2D eigenvalue weighted by atomic mass is 79.9. The molecule has 0 aliphatic carbocycles. The van der Waals surface area contributed by atoms with Crippen molar-refractivity contribution in [1.29, 1.82) is 0 Å². The standard InChI is InChI=1S/C50H48BrN3/c1-49(2,3)45-29-16-18-31-47(45)54(48-32-19-17-30-46(48)50(4,5)6)44-35-42(52(38-22-10-7-11-23-38)39-24-12-8-13-25-39)34-43(36-44)53(40-26-14-9-15-27-40)41-28-20-21-37(51)33-41/h7-36H,1-6H3. The number of para-hydroxylation sites is 5. The van der Waals surface area contributed by atoms with E-state index in [2.05, 4.69) is 254 Å². The zero-order valence-corrected chi connectivity index (χ0v) is 33.6. The van der Waals surface area contributed by atoms with Crippen LogP contribution in [0.2, 0.25) is 0 Å². The molecule has 270 valence electrons. The lowest BCUT2D eigenvalue weighted by Crippen LogP contribution is -2.23. The molecule has 0 N–H and O–H groups in total. The van der Waals surface area contributed by atoms with Crippen LogP contribution in [0, 0.1) is 0 Å². The van der Waals surface area contributed by atoms with Crippen LogP contribution in [0.4, 0.5) is 51.2 Å². The van der Waals surface area contributed by atoms with Gasteiger partial charge in [-0.3, -0.25) is 0 Å². The molecular formula is C50H48BrN3. The van der Waals surface area contributed by atoms with Crippen molar-refractivity contribution >= 4 is 67.1 Å². The Morgan fingerprint density at radius 1 is 0.315 bits per heavy atom. The van der Waals surface area contributed by atoms with Gasteiger partial charge in [-0.15, -0.1) is 0 Å². The maximum Gasteiger partial charge on any atom is 0.0503 e. The normalized spacial score (nSPS) is 11.6. The Morgan fingerprint density at radius 3 is 1.04 bits per heavy atom. The molecule has 0 aliphatic rings. The molecule has 7 aromatic carbocycles. The summed E-state index contributed by atoms with van der Waals surface area (Å²) in [5, 5.41) is 0. The number of benzene rings is 7.